The van der Waals surface area contributed by atoms with Crippen molar-refractivity contribution in [2.45, 2.75) is 25.0 Å². The number of aromatic nitrogens is 1. The molecule has 0 aliphatic carbocycles. The number of likely N-dealkylation sites (tertiary alicyclic amines) is 1. The van der Waals surface area contributed by atoms with Crippen LogP contribution in [0.5, 0.6) is 0 Å². The van der Waals surface area contributed by atoms with Gasteiger partial charge >= 0.3 is 0 Å². The number of ether oxygens (including phenoxy) is 3. The van der Waals surface area contributed by atoms with Crippen LogP contribution in [0.4, 0.5) is 5.82 Å². The number of anilines is 1. The van der Waals surface area contributed by atoms with Crippen LogP contribution in [0.15, 0.2) is 18.3 Å². The minimum absolute atomic E-state index is 0.0459. The van der Waals surface area contributed by atoms with E-state index in [0.717, 1.165) is 58.1 Å². The van der Waals surface area contributed by atoms with Crippen molar-refractivity contribution >= 4 is 11.7 Å². The van der Waals surface area contributed by atoms with Gasteiger partial charge in [0.1, 0.15) is 5.82 Å². The van der Waals surface area contributed by atoms with Gasteiger partial charge in [-0.15, -0.1) is 0 Å². The standard InChI is InChI=1S/C20H30N4O4/c25-20(24-5-3-17(4-6-24)23-7-9-26-10-8-23)16-1-2-19(21-13-16)22-14-18-15-27-11-12-28-18/h1-2,13,17-18H,3-12,14-15H2,(H,21,22)/t18-/m1/s1. The zero-order valence-electron chi connectivity index (χ0n) is 16.3. The van der Waals surface area contributed by atoms with E-state index in [0.29, 0.717) is 38.0 Å². The Morgan fingerprint density at radius 2 is 1.89 bits per heavy atom. The van der Waals surface area contributed by atoms with Crippen molar-refractivity contribution in [1.82, 2.24) is 14.8 Å². The number of hydrogen-bond donors (Lipinski definition) is 1. The minimum atomic E-state index is 0.0459. The highest BCUT2D eigenvalue weighted by Crippen LogP contribution is 2.19. The third-order valence-electron chi connectivity index (χ3n) is 5.72. The number of pyridine rings is 1. The first kappa shape index (κ1) is 19.6. The maximum Gasteiger partial charge on any atom is 0.255 e. The van der Waals surface area contributed by atoms with Gasteiger partial charge in [0.2, 0.25) is 0 Å². The number of piperidine rings is 1. The third kappa shape index (κ3) is 5.00. The van der Waals surface area contributed by atoms with Crippen LogP contribution >= 0.6 is 0 Å². The molecule has 3 saturated heterocycles. The molecule has 4 heterocycles. The van der Waals surface area contributed by atoms with Crippen molar-refractivity contribution in [3.63, 3.8) is 0 Å². The Morgan fingerprint density at radius 1 is 1.07 bits per heavy atom. The fraction of sp³-hybridized carbons (Fsp3) is 0.700. The molecule has 3 aliphatic heterocycles. The molecule has 1 atom stereocenters. The summed E-state index contributed by atoms with van der Waals surface area (Å²) in [6.45, 7) is 7.82. The Kier molecular flexibility index (Phi) is 6.74. The van der Waals surface area contributed by atoms with Crippen LogP contribution in [-0.4, -0.2) is 98.6 Å². The number of amides is 1. The van der Waals surface area contributed by atoms with Crippen LogP contribution in [0.25, 0.3) is 0 Å². The summed E-state index contributed by atoms with van der Waals surface area (Å²) in [6, 6.07) is 4.28. The molecule has 0 radical (unpaired) electrons. The highest BCUT2D eigenvalue weighted by molar-refractivity contribution is 5.94. The fourth-order valence-electron chi connectivity index (χ4n) is 4.06. The second-order valence-corrected chi connectivity index (χ2v) is 7.55. The van der Waals surface area contributed by atoms with Gasteiger partial charge in [0.25, 0.3) is 5.91 Å². The van der Waals surface area contributed by atoms with Gasteiger partial charge < -0.3 is 24.4 Å². The molecule has 0 spiro atoms. The summed E-state index contributed by atoms with van der Waals surface area (Å²) < 4.78 is 16.4. The van der Waals surface area contributed by atoms with E-state index in [-0.39, 0.29) is 12.0 Å². The van der Waals surface area contributed by atoms with E-state index in [9.17, 15) is 4.79 Å². The van der Waals surface area contributed by atoms with E-state index < -0.39 is 0 Å². The van der Waals surface area contributed by atoms with Crippen LogP contribution < -0.4 is 5.32 Å². The first-order valence-corrected chi connectivity index (χ1v) is 10.3. The van der Waals surface area contributed by atoms with Gasteiger partial charge in [0.15, 0.2) is 0 Å². The SMILES string of the molecule is O=C(c1ccc(NC[C@@H]2COCCO2)nc1)N1CCC(N2CCOCC2)CC1. The molecule has 8 nitrogen and oxygen atoms in total. The molecule has 3 aliphatic rings. The Balaban J connectivity index is 1.24. The quantitative estimate of drug-likeness (QED) is 0.799. The molecule has 1 aromatic heterocycles. The number of nitrogens with zero attached hydrogens (tertiary/aromatic N) is 3. The fourth-order valence-corrected chi connectivity index (χ4v) is 4.06. The van der Waals surface area contributed by atoms with Gasteiger partial charge in [-0.2, -0.15) is 0 Å². The molecule has 0 saturated carbocycles. The van der Waals surface area contributed by atoms with E-state index in [1.165, 1.54) is 0 Å². The lowest BCUT2D eigenvalue weighted by atomic mass is 10.0. The zero-order chi connectivity index (χ0) is 19.2. The van der Waals surface area contributed by atoms with Crippen molar-refractivity contribution in [2.24, 2.45) is 0 Å². The molecule has 28 heavy (non-hydrogen) atoms. The predicted molar refractivity (Wildman–Crippen MR) is 105 cm³/mol. The smallest absolute Gasteiger partial charge is 0.255 e. The van der Waals surface area contributed by atoms with E-state index >= 15 is 0 Å². The number of carbonyl (C=O) groups is 1. The lowest BCUT2D eigenvalue weighted by Crippen LogP contribution is -2.50. The maximum atomic E-state index is 12.8. The number of carbonyl (C=O) groups excluding carboxylic acids is 1. The van der Waals surface area contributed by atoms with Crippen molar-refractivity contribution in [3.8, 4) is 0 Å². The van der Waals surface area contributed by atoms with Gasteiger partial charge in [-0.05, 0) is 25.0 Å². The number of rotatable bonds is 5. The van der Waals surface area contributed by atoms with Crippen LogP contribution in [0.1, 0.15) is 23.2 Å². The second kappa shape index (κ2) is 9.65. The average molecular weight is 390 g/mol. The van der Waals surface area contributed by atoms with Gasteiger partial charge in [0, 0.05) is 45.0 Å². The largest absolute Gasteiger partial charge is 0.379 e. The van der Waals surface area contributed by atoms with Gasteiger partial charge in [0.05, 0.1) is 44.7 Å². The number of nitrogens with one attached hydrogen (secondary N) is 1. The van der Waals surface area contributed by atoms with E-state index in [1.807, 2.05) is 17.0 Å². The molecule has 1 amide bonds. The molecule has 0 unspecified atom stereocenters. The number of morpholine rings is 1. The second-order valence-electron chi connectivity index (χ2n) is 7.55. The van der Waals surface area contributed by atoms with Crippen molar-refractivity contribution in [3.05, 3.63) is 23.9 Å². The highest BCUT2D eigenvalue weighted by Gasteiger charge is 2.28. The Labute approximate surface area is 166 Å². The Bertz CT molecular complexity index is 622. The summed E-state index contributed by atoms with van der Waals surface area (Å²) in [5, 5.41) is 3.25. The summed E-state index contributed by atoms with van der Waals surface area (Å²) in [5.74, 6) is 0.820. The van der Waals surface area contributed by atoms with E-state index in [4.69, 9.17) is 14.2 Å². The van der Waals surface area contributed by atoms with Crippen LogP contribution in [0.2, 0.25) is 0 Å². The molecule has 8 heteroatoms. The summed E-state index contributed by atoms with van der Waals surface area (Å²) in [4.78, 5) is 21.6. The van der Waals surface area contributed by atoms with Gasteiger partial charge in [-0.25, -0.2) is 4.98 Å². The molecular formula is C20H30N4O4. The average Bonchev–Trinajstić information content (AvgIpc) is 2.79. The van der Waals surface area contributed by atoms with Gasteiger partial charge in [-0.1, -0.05) is 0 Å². The molecule has 1 aromatic rings. The normalized spacial score (nSPS) is 24.9. The third-order valence-corrected chi connectivity index (χ3v) is 5.72. The molecule has 0 bridgehead atoms. The van der Waals surface area contributed by atoms with Gasteiger partial charge in [-0.3, -0.25) is 9.69 Å². The van der Waals surface area contributed by atoms with Crippen LogP contribution in [0, 0.1) is 0 Å². The molecule has 0 aromatic carbocycles. The molecule has 3 fully saturated rings. The first-order valence-electron chi connectivity index (χ1n) is 10.3. The molecule has 4 rings (SSSR count). The highest BCUT2D eigenvalue weighted by atomic mass is 16.6. The molecule has 1 N–H and O–H groups in total. The topological polar surface area (TPSA) is 76.2 Å². The Hall–Kier alpha value is -1.74. The van der Waals surface area contributed by atoms with Crippen molar-refractivity contribution in [1.29, 1.82) is 0 Å². The Morgan fingerprint density at radius 3 is 2.57 bits per heavy atom. The summed E-state index contributed by atoms with van der Waals surface area (Å²) in [7, 11) is 0. The molecule has 154 valence electrons. The summed E-state index contributed by atoms with van der Waals surface area (Å²) in [5.41, 5.74) is 0.646. The van der Waals surface area contributed by atoms with E-state index in [2.05, 4.69) is 15.2 Å². The number of hydrogen-bond acceptors (Lipinski definition) is 7. The minimum Gasteiger partial charge on any atom is -0.379 e. The maximum absolute atomic E-state index is 12.8. The first-order chi connectivity index (χ1) is 13.8. The van der Waals surface area contributed by atoms with E-state index in [1.54, 1.807) is 6.20 Å². The summed E-state index contributed by atoms with van der Waals surface area (Å²) in [6.07, 6.45) is 3.77. The van der Waals surface area contributed by atoms with Crippen LogP contribution in [-0.2, 0) is 14.2 Å². The lowest BCUT2D eigenvalue weighted by molar-refractivity contribution is -0.0819. The van der Waals surface area contributed by atoms with Crippen molar-refractivity contribution in [2.75, 3.05) is 71.1 Å². The zero-order valence-corrected chi connectivity index (χ0v) is 16.3. The molecular weight excluding hydrogens is 360 g/mol. The van der Waals surface area contributed by atoms with Crippen LogP contribution in [0.3, 0.4) is 0 Å². The lowest BCUT2D eigenvalue weighted by Gasteiger charge is -2.40. The monoisotopic (exact) mass is 390 g/mol. The predicted octanol–water partition coefficient (Wildman–Crippen LogP) is 0.846. The van der Waals surface area contributed by atoms with Crippen molar-refractivity contribution < 1.29 is 19.0 Å². The summed E-state index contributed by atoms with van der Waals surface area (Å²) >= 11 is 0.